The van der Waals surface area contributed by atoms with Gasteiger partial charge in [0, 0.05) is 18.4 Å². The van der Waals surface area contributed by atoms with Gasteiger partial charge < -0.3 is 5.73 Å². The van der Waals surface area contributed by atoms with Gasteiger partial charge in [0.2, 0.25) is 10.0 Å². The van der Waals surface area contributed by atoms with E-state index in [-0.39, 0.29) is 10.6 Å². The summed E-state index contributed by atoms with van der Waals surface area (Å²) >= 11 is 5.89. The summed E-state index contributed by atoms with van der Waals surface area (Å²) in [5.41, 5.74) is 7.25. The summed E-state index contributed by atoms with van der Waals surface area (Å²) in [6, 6.07) is 6.07. The number of benzene rings is 1. The van der Waals surface area contributed by atoms with Gasteiger partial charge in [0.05, 0.1) is 15.6 Å². The number of hydrogen-bond donors (Lipinski definition) is 2. The Kier molecular flexibility index (Phi) is 4.51. The first kappa shape index (κ1) is 15.8. The van der Waals surface area contributed by atoms with Crippen molar-refractivity contribution in [1.82, 2.24) is 9.71 Å². The highest BCUT2D eigenvalue weighted by molar-refractivity contribution is 7.89. The maximum atomic E-state index is 12.5. The van der Waals surface area contributed by atoms with E-state index in [1.165, 1.54) is 6.07 Å². The van der Waals surface area contributed by atoms with E-state index < -0.39 is 16.1 Å². The largest absolute Gasteiger partial charge is 0.397 e. The third kappa shape index (κ3) is 3.53. The zero-order chi connectivity index (χ0) is 15.6. The topological polar surface area (TPSA) is 85.1 Å². The zero-order valence-corrected chi connectivity index (χ0v) is 13.2. The van der Waals surface area contributed by atoms with Crippen LogP contribution in [0.1, 0.15) is 24.1 Å². The van der Waals surface area contributed by atoms with Crippen LogP contribution in [-0.4, -0.2) is 13.4 Å². The van der Waals surface area contributed by atoms with Crippen LogP contribution in [0.25, 0.3) is 0 Å². The minimum absolute atomic E-state index is 0.125. The number of nitrogen functional groups attached to an aromatic ring is 1. The molecule has 0 radical (unpaired) electrons. The predicted molar refractivity (Wildman–Crippen MR) is 83.6 cm³/mol. The van der Waals surface area contributed by atoms with Crippen LogP contribution in [-0.2, 0) is 10.0 Å². The quantitative estimate of drug-likeness (QED) is 0.846. The molecule has 0 fully saturated rings. The molecule has 0 aliphatic rings. The van der Waals surface area contributed by atoms with E-state index in [2.05, 4.69) is 9.71 Å². The van der Waals surface area contributed by atoms with Crippen molar-refractivity contribution in [2.24, 2.45) is 0 Å². The maximum Gasteiger partial charge on any atom is 0.241 e. The average Bonchev–Trinajstić information content (AvgIpc) is 2.43. The molecule has 1 heterocycles. The standard InChI is InChI=1S/C14H16ClN3O2S/c1-9-6-12(15)13(16)7-14(9)21(19,20)18-10(2)11-4-3-5-17-8-11/h3-8,10,18H,16H2,1-2H3. The lowest BCUT2D eigenvalue weighted by molar-refractivity contribution is 0.566. The molecule has 2 aromatic rings. The van der Waals surface area contributed by atoms with Crippen LogP contribution in [0.5, 0.6) is 0 Å². The van der Waals surface area contributed by atoms with E-state index >= 15 is 0 Å². The van der Waals surface area contributed by atoms with Crippen molar-refractivity contribution in [3.63, 3.8) is 0 Å². The Morgan fingerprint density at radius 3 is 2.71 bits per heavy atom. The molecule has 0 aliphatic carbocycles. The van der Waals surface area contributed by atoms with Crippen molar-refractivity contribution < 1.29 is 8.42 Å². The van der Waals surface area contributed by atoms with Crippen LogP contribution >= 0.6 is 11.6 Å². The number of nitrogens with zero attached hydrogens (tertiary/aromatic N) is 1. The van der Waals surface area contributed by atoms with E-state index in [1.807, 2.05) is 6.07 Å². The number of hydrogen-bond acceptors (Lipinski definition) is 4. The highest BCUT2D eigenvalue weighted by Gasteiger charge is 2.21. The number of anilines is 1. The van der Waals surface area contributed by atoms with Gasteiger partial charge in [-0.05, 0) is 43.2 Å². The Balaban J connectivity index is 2.33. The number of nitrogens with one attached hydrogen (secondary N) is 1. The van der Waals surface area contributed by atoms with Gasteiger partial charge in [0.25, 0.3) is 0 Å². The summed E-state index contributed by atoms with van der Waals surface area (Å²) in [6.45, 7) is 3.43. The number of aryl methyl sites for hydroxylation is 1. The molecule has 21 heavy (non-hydrogen) atoms. The number of nitrogens with two attached hydrogens (primary N) is 1. The fraction of sp³-hybridized carbons (Fsp3) is 0.214. The molecule has 0 bridgehead atoms. The van der Waals surface area contributed by atoms with Crippen LogP contribution < -0.4 is 10.5 Å². The van der Waals surface area contributed by atoms with Crippen molar-refractivity contribution in [3.8, 4) is 0 Å². The molecule has 1 aromatic carbocycles. The van der Waals surface area contributed by atoms with Gasteiger partial charge >= 0.3 is 0 Å². The minimum atomic E-state index is -3.69. The molecular formula is C14H16ClN3O2S. The summed E-state index contributed by atoms with van der Waals surface area (Å²) in [6.07, 6.45) is 3.25. The molecule has 1 aromatic heterocycles. The number of sulfonamides is 1. The fourth-order valence-corrected chi connectivity index (χ4v) is 3.67. The van der Waals surface area contributed by atoms with E-state index in [9.17, 15) is 8.42 Å². The maximum absolute atomic E-state index is 12.5. The molecule has 1 unspecified atom stereocenters. The molecule has 7 heteroatoms. The molecule has 0 aliphatic heterocycles. The fourth-order valence-electron chi connectivity index (χ4n) is 1.95. The SMILES string of the molecule is Cc1cc(Cl)c(N)cc1S(=O)(=O)NC(C)c1cccnc1. The van der Waals surface area contributed by atoms with Crippen molar-refractivity contribution in [3.05, 3.63) is 52.8 Å². The lowest BCUT2D eigenvalue weighted by Gasteiger charge is -2.16. The lowest BCUT2D eigenvalue weighted by atomic mass is 10.2. The second-order valence-corrected chi connectivity index (χ2v) is 6.86. The second-order valence-electron chi connectivity index (χ2n) is 4.77. The van der Waals surface area contributed by atoms with Crippen LogP contribution in [0.3, 0.4) is 0 Å². The predicted octanol–water partition coefficient (Wildman–Crippen LogP) is 2.67. The van der Waals surface area contributed by atoms with Crippen LogP contribution in [0.4, 0.5) is 5.69 Å². The monoisotopic (exact) mass is 325 g/mol. The van der Waals surface area contributed by atoms with Gasteiger partial charge in [0.15, 0.2) is 0 Å². The summed E-state index contributed by atoms with van der Waals surface area (Å²) < 4.78 is 27.6. The summed E-state index contributed by atoms with van der Waals surface area (Å²) in [5.74, 6) is 0. The molecule has 112 valence electrons. The van der Waals surface area contributed by atoms with E-state index in [4.69, 9.17) is 17.3 Å². The third-order valence-electron chi connectivity index (χ3n) is 3.10. The molecule has 2 rings (SSSR count). The molecule has 0 saturated heterocycles. The van der Waals surface area contributed by atoms with Crippen LogP contribution in [0.15, 0.2) is 41.6 Å². The highest BCUT2D eigenvalue weighted by Crippen LogP contribution is 2.27. The molecular weight excluding hydrogens is 310 g/mol. The number of rotatable bonds is 4. The molecule has 0 saturated carbocycles. The number of aromatic nitrogens is 1. The first-order valence-electron chi connectivity index (χ1n) is 6.29. The first-order chi connectivity index (χ1) is 9.81. The summed E-state index contributed by atoms with van der Waals surface area (Å²) in [5, 5.41) is 0.340. The molecule has 0 amide bonds. The molecule has 1 atom stereocenters. The van der Waals surface area contributed by atoms with E-state index in [0.717, 1.165) is 5.56 Å². The van der Waals surface area contributed by atoms with Crippen molar-refractivity contribution in [1.29, 1.82) is 0 Å². The molecule has 0 spiro atoms. The highest BCUT2D eigenvalue weighted by atomic mass is 35.5. The zero-order valence-electron chi connectivity index (χ0n) is 11.7. The van der Waals surface area contributed by atoms with Gasteiger partial charge in [-0.3, -0.25) is 4.98 Å². The lowest BCUT2D eigenvalue weighted by Crippen LogP contribution is -2.27. The third-order valence-corrected chi connectivity index (χ3v) is 5.11. The van der Waals surface area contributed by atoms with E-state index in [1.54, 1.807) is 38.4 Å². The summed E-state index contributed by atoms with van der Waals surface area (Å²) in [4.78, 5) is 4.10. The Morgan fingerprint density at radius 2 is 2.10 bits per heavy atom. The van der Waals surface area contributed by atoms with Crippen LogP contribution in [0.2, 0.25) is 5.02 Å². The smallest absolute Gasteiger partial charge is 0.241 e. The van der Waals surface area contributed by atoms with Crippen molar-refractivity contribution >= 4 is 27.3 Å². The van der Waals surface area contributed by atoms with Gasteiger partial charge in [-0.2, -0.15) is 0 Å². The molecule has 5 nitrogen and oxygen atoms in total. The van der Waals surface area contributed by atoms with Crippen LogP contribution in [0, 0.1) is 6.92 Å². The normalized spacial score (nSPS) is 13.1. The van der Waals surface area contributed by atoms with Crippen molar-refractivity contribution in [2.75, 3.05) is 5.73 Å². The van der Waals surface area contributed by atoms with Gasteiger partial charge in [-0.1, -0.05) is 17.7 Å². The first-order valence-corrected chi connectivity index (χ1v) is 8.15. The summed E-state index contributed by atoms with van der Waals surface area (Å²) in [7, 11) is -3.69. The second kappa shape index (κ2) is 6.01. The number of pyridine rings is 1. The van der Waals surface area contributed by atoms with Gasteiger partial charge in [0.1, 0.15) is 0 Å². The Bertz CT molecular complexity index is 748. The van der Waals surface area contributed by atoms with Gasteiger partial charge in [-0.15, -0.1) is 0 Å². The van der Waals surface area contributed by atoms with E-state index in [0.29, 0.717) is 10.6 Å². The Labute approximate surface area is 129 Å². The minimum Gasteiger partial charge on any atom is -0.397 e. The Morgan fingerprint density at radius 1 is 1.38 bits per heavy atom. The number of halogens is 1. The Hall–Kier alpha value is -1.63. The van der Waals surface area contributed by atoms with Gasteiger partial charge in [-0.25, -0.2) is 13.1 Å². The van der Waals surface area contributed by atoms with Crippen molar-refractivity contribution in [2.45, 2.75) is 24.8 Å². The average molecular weight is 326 g/mol. The molecule has 3 N–H and O–H groups in total.